The summed E-state index contributed by atoms with van der Waals surface area (Å²) in [4.78, 5) is 9.18. The zero-order chi connectivity index (χ0) is 28.6. The Kier molecular flexibility index (Phi) is 7.78. The van der Waals surface area contributed by atoms with Gasteiger partial charge >= 0.3 is 0 Å². The van der Waals surface area contributed by atoms with Gasteiger partial charge in [0.15, 0.2) is 5.75 Å². The topological polar surface area (TPSA) is 246 Å². The summed E-state index contributed by atoms with van der Waals surface area (Å²) in [6.07, 6.45) is 0. The van der Waals surface area contributed by atoms with Gasteiger partial charge in [-0.3, -0.25) is 18.5 Å². The predicted molar refractivity (Wildman–Crippen MR) is 131 cm³/mol. The molecule has 5 N–H and O–H groups in total. The minimum Gasteiger partial charge on any atom is -0.505 e. The maximum absolute atomic E-state index is 12.1. The fourth-order valence-corrected chi connectivity index (χ4v) is 5.18. The normalized spacial score (nSPS) is 12.7. The number of azo groups is 1. The van der Waals surface area contributed by atoms with Crippen LogP contribution in [0.5, 0.6) is 11.5 Å². The molecule has 0 heterocycles. The molecule has 0 saturated carbocycles. The van der Waals surface area contributed by atoms with E-state index in [9.17, 15) is 48.8 Å². The summed E-state index contributed by atoms with van der Waals surface area (Å²) in [6, 6.07) is 5.44. The zero-order valence-corrected chi connectivity index (χ0v) is 21.8. The van der Waals surface area contributed by atoms with Crippen LogP contribution in [0.2, 0.25) is 0 Å². The highest BCUT2D eigenvalue weighted by Gasteiger charge is 2.26. The van der Waals surface area contributed by atoms with Gasteiger partial charge in [-0.05, 0) is 48.7 Å². The van der Waals surface area contributed by atoms with Crippen molar-refractivity contribution in [3.8, 4) is 11.5 Å². The van der Waals surface area contributed by atoms with E-state index in [0.29, 0.717) is 6.07 Å². The molecule has 0 aliphatic rings. The third-order valence-electron chi connectivity index (χ3n) is 4.78. The SMILES string of the molecule is CCOc1ccc(N=Nc2c(S(=O)(=O)O)cc3cc(S(=O)(=O)O)cc(NC(C)=O)c3c2O)cc1S(=O)(=O)O. The number of rotatable bonds is 8. The summed E-state index contributed by atoms with van der Waals surface area (Å²) in [6.45, 7) is 2.67. The molecule has 0 spiro atoms. The van der Waals surface area contributed by atoms with Gasteiger partial charge in [0, 0.05) is 12.3 Å². The van der Waals surface area contributed by atoms with Crippen molar-refractivity contribution >= 4 is 64.1 Å². The summed E-state index contributed by atoms with van der Waals surface area (Å²) in [5.41, 5.74) is -1.49. The van der Waals surface area contributed by atoms with Crippen LogP contribution in [0.3, 0.4) is 0 Å². The number of amides is 1. The second-order valence-corrected chi connectivity index (χ2v) is 11.7. The Morgan fingerprint density at radius 1 is 0.895 bits per heavy atom. The first-order valence-electron chi connectivity index (χ1n) is 10.2. The van der Waals surface area contributed by atoms with Crippen molar-refractivity contribution in [3.63, 3.8) is 0 Å². The summed E-state index contributed by atoms with van der Waals surface area (Å²) in [7, 11) is -14.8. The van der Waals surface area contributed by atoms with E-state index < -0.39 is 62.4 Å². The Balaban J connectivity index is 2.35. The Morgan fingerprint density at radius 2 is 1.53 bits per heavy atom. The molecule has 0 radical (unpaired) electrons. The van der Waals surface area contributed by atoms with Gasteiger partial charge in [-0.1, -0.05) is 0 Å². The van der Waals surface area contributed by atoms with Gasteiger partial charge in [-0.15, -0.1) is 5.11 Å². The maximum Gasteiger partial charge on any atom is 0.298 e. The highest BCUT2D eigenvalue weighted by molar-refractivity contribution is 7.86. The highest BCUT2D eigenvalue weighted by atomic mass is 32.2. The number of hydrogen-bond donors (Lipinski definition) is 5. The van der Waals surface area contributed by atoms with Gasteiger partial charge in [-0.2, -0.15) is 30.4 Å². The van der Waals surface area contributed by atoms with E-state index in [0.717, 1.165) is 31.2 Å². The van der Waals surface area contributed by atoms with Crippen molar-refractivity contribution in [1.82, 2.24) is 0 Å². The molecular formula is C20H19N3O12S3. The van der Waals surface area contributed by atoms with Gasteiger partial charge in [0.05, 0.1) is 22.9 Å². The lowest BCUT2D eigenvalue weighted by Gasteiger charge is -2.14. The number of anilines is 1. The van der Waals surface area contributed by atoms with E-state index in [1.165, 1.54) is 6.07 Å². The van der Waals surface area contributed by atoms with E-state index in [1.807, 2.05) is 0 Å². The molecule has 0 unspecified atom stereocenters. The molecule has 0 aromatic heterocycles. The number of phenols is 1. The smallest absolute Gasteiger partial charge is 0.298 e. The summed E-state index contributed by atoms with van der Waals surface area (Å²) < 4.78 is 105. The molecule has 1 amide bonds. The monoisotopic (exact) mass is 589 g/mol. The van der Waals surface area contributed by atoms with Crippen molar-refractivity contribution in [2.24, 2.45) is 10.2 Å². The Bertz CT molecular complexity index is 1820. The molecule has 3 aromatic carbocycles. The number of phenolic OH excluding ortho intramolecular Hbond substituents is 1. The fraction of sp³-hybridized carbons (Fsp3) is 0.150. The molecular weight excluding hydrogens is 570 g/mol. The molecule has 0 bridgehead atoms. The Labute approximate surface area is 216 Å². The second kappa shape index (κ2) is 10.2. The third-order valence-corrected chi connectivity index (χ3v) is 7.35. The third kappa shape index (κ3) is 6.23. The molecule has 3 aromatic rings. The number of benzene rings is 3. The van der Waals surface area contributed by atoms with Crippen molar-refractivity contribution in [2.75, 3.05) is 11.9 Å². The maximum atomic E-state index is 12.1. The highest BCUT2D eigenvalue weighted by Crippen LogP contribution is 2.45. The predicted octanol–water partition coefficient (Wildman–Crippen LogP) is 3.06. The van der Waals surface area contributed by atoms with Gasteiger partial charge in [0.1, 0.15) is 21.2 Å². The van der Waals surface area contributed by atoms with Crippen LogP contribution in [-0.2, 0) is 35.1 Å². The molecule has 15 nitrogen and oxygen atoms in total. The molecule has 38 heavy (non-hydrogen) atoms. The van der Waals surface area contributed by atoms with Gasteiger partial charge in [0.2, 0.25) is 5.91 Å². The van der Waals surface area contributed by atoms with Crippen molar-refractivity contribution < 1.29 is 53.5 Å². The van der Waals surface area contributed by atoms with Gasteiger partial charge in [-0.25, -0.2) is 0 Å². The summed E-state index contributed by atoms with van der Waals surface area (Å²) in [5, 5.41) is 19.8. The lowest BCUT2D eigenvalue weighted by Crippen LogP contribution is -2.08. The van der Waals surface area contributed by atoms with E-state index in [4.69, 9.17) is 4.74 Å². The van der Waals surface area contributed by atoms with Crippen LogP contribution in [0, 0.1) is 0 Å². The molecule has 204 valence electrons. The van der Waals surface area contributed by atoms with Crippen LogP contribution in [0.4, 0.5) is 17.1 Å². The molecule has 0 aliphatic heterocycles. The van der Waals surface area contributed by atoms with Crippen LogP contribution in [0.15, 0.2) is 61.3 Å². The number of nitrogens with zero attached hydrogens (tertiary/aromatic N) is 2. The first-order valence-corrected chi connectivity index (χ1v) is 14.5. The minimum absolute atomic E-state index is 0.0575. The number of hydrogen-bond acceptors (Lipinski definition) is 11. The van der Waals surface area contributed by atoms with Crippen LogP contribution >= 0.6 is 0 Å². The first-order chi connectivity index (χ1) is 17.4. The number of carbonyl (C=O) groups excluding carboxylic acids is 1. The minimum atomic E-state index is -5.15. The fourth-order valence-electron chi connectivity index (χ4n) is 3.33. The molecule has 18 heteroatoms. The number of ether oxygens (including phenoxy) is 1. The quantitative estimate of drug-likeness (QED) is 0.188. The van der Waals surface area contributed by atoms with Crippen molar-refractivity contribution in [2.45, 2.75) is 28.5 Å². The Morgan fingerprint density at radius 3 is 2.05 bits per heavy atom. The van der Waals surface area contributed by atoms with Crippen molar-refractivity contribution in [1.29, 1.82) is 0 Å². The zero-order valence-electron chi connectivity index (χ0n) is 19.3. The lowest BCUT2D eigenvalue weighted by atomic mass is 10.1. The Hall–Kier alpha value is -3.68. The van der Waals surface area contributed by atoms with Gasteiger partial charge < -0.3 is 15.2 Å². The number of fused-ring (bicyclic) bond motifs is 1. The summed E-state index contributed by atoms with van der Waals surface area (Å²) >= 11 is 0. The largest absolute Gasteiger partial charge is 0.505 e. The van der Waals surface area contributed by atoms with Gasteiger partial charge in [0.25, 0.3) is 30.4 Å². The standard InChI is InChI=1S/C20H19N3O12S3/c1-3-35-15-5-4-12(8-16(15)37(29,30)31)22-23-19-17(38(32,33)34)7-11-6-13(36(26,27)28)9-14(21-10(2)24)18(11)20(19)25/h4-9,25H,3H2,1-2H3,(H,21,24)(H,26,27,28)(H,29,30,31)(H,32,33,34). The van der Waals surface area contributed by atoms with E-state index in [1.54, 1.807) is 6.92 Å². The number of carbonyl (C=O) groups is 1. The van der Waals surface area contributed by atoms with Crippen LogP contribution in [0.25, 0.3) is 10.8 Å². The lowest BCUT2D eigenvalue weighted by molar-refractivity contribution is -0.114. The molecule has 0 atom stereocenters. The average Bonchev–Trinajstić information content (AvgIpc) is 2.76. The number of aromatic hydroxyl groups is 1. The van der Waals surface area contributed by atoms with Crippen LogP contribution < -0.4 is 10.1 Å². The van der Waals surface area contributed by atoms with E-state index >= 15 is 0 Å². The second-order valence-electron chi connectivity index (χ2n) is 7.51. The van der Waals surface area contributed by atoms with Crippen molar-refractivity contribution in [3.05, 3.63) is 36.4 Å². The van der Waals surface area contributed by atoms with E-state index in [-0.39, 0.29) is 34.5 Å². The first kappa shape index (κ1) is 28.9. The van der Waals surface area contributed by atoms with E-state index in [2.05, 4.69) is 15.5 Å². The van der Waals surface area contributed by atoms with Crippen LogP contribution in [0.1, 0.15) is 13.8 Å². The van der Waals surface area contributed by atoms with Crippen LogP contribution in [-0.4, -0.2) is 56.5 Å². The molecule has 0 aliphatic carbocycles. The average molecular weight is 590 g/mol. The molecule has 0 saturated heterocycles. The molecule has 3 rings (SSSR count). The molecule has 0 fully saturated rings. The summed E-state index contributed by atoms with van der Waals surface area (Å²) in [5.74, 6) is -1.92. The number of nitrogens with one attached hydrogen (secondary N) is 1.